The van der Waals surface area contributed by atoms with Crippen molar-refractivity contribution in [1.82, 2.24) is 14.5 Å². The van der Waals surface area contributed by atoms with Crippen LogP contribution in [0.2, 0.25) is 0 Å². The Hall–Kier alpha value is -3.22. The highest BCUT2D eigenvalue weighted by molar-refractivity contribution is 5.94. The molecule has 1 saturated heterocycles. The van der Waals surface area contributed by atoms with Gasteiger partial charge in [0.1, 0.15) is 6.20 Å². The van der Waals surface area contributed by atoms with Gasteiger partial charge in [-0.15, -0.1) is 0 Å². The molecule has 2 aromatic rings. The number of likely N-dealkylation sites (tertiary alicyclic amines) is 1. The van der Waals surface area contributed by atoms with E-state index in [0.29, 0.717) is 11.4 Å². The Morgan fingerprint density at radius 2 is 1.88 bits per heavy atom. The number of hydrogen-bond donors (Lipinski definition) is 0. The number of hydrogen-bond acceptors (Lipinski definition) is 4. The van der Waals surface area contributed by atoms with E-state index in [1.165, 1.54) is 17.0 Å². The first-order chi connectivity index (χ1) is 12.1. The van der Waals surface area contributed by atoms with Crippen LogP contribution in [0.3, 0.4) is 0 Å². The predicted molar refractivity (Wildman–Crippen MR) is 95.8 cm³/mol. The first-order valence-corrected chi connectivity index (χ1v) is 8.02. The molecule has 0 radical (unpaired) electrons. The lowest BCUT2D eigenvalue weighted by Crippen LogP contribution is -2.27. The molecular formula is C18H18N4O3. The highest BCUT2D eigenvalue weighted by atomic mass is 16.6. The van der Waals surface area contributed by atoms with Gasteiger partial charge in [0.05, 0.1) is 6.20 Å². The summed E-state index contributed by atoms with van der Waals surface area (Å²) in [5.74, 6) is 0.339. The first kappa shape index (κ1) is 16.6. The summed E-state index contributed by atoms with van der Waals surface area (Å²) in [6, 6.07) is 7.27. The van der Waals surface area contributed by atoms with Gasteiger partial charge in [-0.25, -0.2) is 4.98 Å². The minimum Gasteiger partial charge on any atom is -0.358 e. The average molecular weight is 338 g/mol. The zero-order valence-corrected chi connectivity index (χ0v) is 13.7. The van der Waals surface area contributed by atoms with Crippen LogP contribution in [0.1, 0.15) is 34.6 Å². The summed E-state index contributed by atoms with van der Waals surface area (Å²) >= 11 is 0. The third kappa shape index (κ3) is 3.50. The monoisotopic (exact) mass is 338 g/mol. The number of nitrogens with zero attached hydrogens (tertiary/aromatic N) is 4. The topological polar surface area (TPSA) is 81.3 Å². The van der Waals surface area contributed by atoms with E-state index in [9.17, 15) is 14.9 Å². The number of carbonyl (C=O) groups excluding carboxylic acids is 1. The van der Waals surface area contributed by atoms with E-state index in [2.05, 4.69) is 11.6 Å². The van der Waals surface area contributed by atoms with Gasteiger partial charge in [-0.05, 0) is 41.5 Å². The molecule has 0 aliphatic carbocycles. The number of aromatic nitrogens is 2. The number of imidazole rings is 1. The van der Waals surface area contributed by atoms with Crippen LogP contribution in [0, 0.1) is 10.1 Å². The molecule has 7 nitrogen and oxygen atoms in total. The number of amides is 1. The van der Waals surface area contributed by atoms with E-state index >= 15 is 0 Å². The molecule has 1 aliphatic heterocycles. The van der Waals surface area contributed by atoms with E-state index in [-0.39, 0.29) is 11.7 Å². The van der Waals surface area contributed by atoms with E-state index in [1.54, 1.807) is 24.3 Å². The third-order valence-electron chi connectivity index (χ3n) is 4.15. The molecule has 2 heterocycles. The van der Waals surface area contributed by atoms with Crippen LogP contribution >= 0.6 is 0 Å². The molecule has 0 unspecified atom stereocenters. The van der Waals surface area contributed by atoms with Gasteiger partial charge < -0.3 is 15.0 Å². The molecule has 0 saturated carbocycles. The standard InChI is InChI=1S/C18H18N4O3/c1-2-21-16(19-13-17(21)22(24)25)10-7-14-5-8-15(9-6-14)18(23)20-11-3-4-12-20/h2,5-10,13H,1,3-4,11-12H2/b10-7+. The van der Waals surface area contributed by atoms with Gasteiger partial charge in [-0.3, -0.25) is 4.79 Å². The van der Waals surface area contributed by atoms with Crippen molar-refractivity contribution < 1.29 is 9.72 Å². The summed E-state index contributed by atoms with van der Waals surface area (Å²) in [7, 11) is 0. The molecule has 1 amide bonds. The van der Waals surface area contributed by atoms with E-state index in [0.717, 1.165) is 31.5 Å². The fourth-order valence-corrected chi connectivity index (χ4v) is 2.82. The Morgan fingerprint density at radius 3 is 2.48 bits per heavy atom. The highest BCUT2D eigenvalue weighted by Gasteiger charge is 2.19. The molecule has 1 fully saturated rings. The highest BCUT2D eigenvalue weighted by Crippen LogP contribution is 2.18. The molecular weight excluding hydrogens is 320 g/mol. The molecule has 0 N–H and O–H groups in total. The lowest BCUT2D eigenvalue weighted by Gasteiger charge is -2.15. The fourth-order valence-electron chi connectivity index (χ4n) is 2.82. The van der Waals surface area contributed by atoms with Gasteiger partial charge in [-0.2, -0.15) is 4.57 Å². The van der Waals surface area contributed by atoms with Crippen molar-refractivity contribution in [2.24, 2.45) is 0 Å². The molecule has 1 aromatic heterocycles. The first-order valence-electron chi connectivity index (χ1n) is 8.02. The summed E-state index contributed by atoms with van der Waals surface area (Å²) < 4.78 is 1.31. The number of nitro groups is 1. The van der Waals surface area contributed by atoms with Gasteiger partial charge >= 0.3 is 5.82 Å². The number of benzene rings is 1. The van der Waals surface area contributed by atoms with Crippen LogP contribution in [-0.4, -0.2) is 38.4 Å². The van der Waals surface area contributed by atoms with Gasteiger partial charge in [0.2, 0.25) is 5.82 Å². The maximum absolute atomic E-state index is 12.3. The Bertz CT molecular complexity index is 831. The minimum atomic E-state index is -0.509. The van der Waals surface area contributed by atoms with Gasteiger partial charge in [0.25, 0.3) is 5.91 Å². The maximum Gasteiger partial charge on any atom is 0.347 e. The fraction of sp³-hybridized carbons (Fsp3) is 0.222. The molecule has 1 aliphatic rings. The summed E-state index contributed by atoms with van der Waals surface area (Å²) in [6.45, 7) is 5.22. The smallest absolute Gasteiger partial charge is 0.347 e. The Kier molecular flexibility index (Phi) is 4.74. The van der Waals surface area contributed by atoms with Crippen molar-refractivity contribution >= 4 is 30.1 Å². The second kappa shape index (κ2) is 7.12. The van der Waals surface area contributed by atoms with Crippen molar-refractivity contribution in [2.75, 3.05) is 13.1 Å². The summed E-state index contributed by atoms with van der Waals surface area (Å²) in [5, 5.41) is 10.9. The van der Waals surface area contributed by atoms with Crippen LogP contribution in [0.25, 0.3) is 18.4 Å². The summed E-state index contributed by atoms with van der Waals surface area (Å²) in [6.07, 6.45) is 8.13. The Balaban J connectivity index is 1.75. The maximum atomic E-state index is 12.3. The second-order valence-electron chi connectivity index (χ2n) is 5.74. The summed E-state index contributed by atoms with van der Waals surface area (Å²) in [4.78, 5) is 28.6. The van der Waals surface area contributed by atoms with Crippen LogP contribution in [0.15, 0.2) is 37.0 Å². The van der Waals surface area contributed by atoms with Gasteiger partial charge in [0.15, 0.2) is 0 Å². The van der Waals surface area contributed by atoms with Crippen molar-refractivity contribution in [3.05, 3.63) is 64.1 Å². The molecule has 25 heavy (non-hydrogen) atoms. The van der Waals surface area contributed by atoms with Crippen LogP contribution < -0.4 is 0 Å². The number of carbonyl (C=O) groups is 1. The van der Waals surface area contributed by atoms with E-state index in [1.807, 2.05) is 17.0 Å². The van der Waals surface area contributed by atoms with Gasteiger partial charge in [0, 0.05) is 24.7 Å². The van der Waals surface area contributed by atoms with Gasteiger partial charge in [-0.1, -0.05) is 18.7 Å². The minimum absolute atomic E-state index is 0.0610. The molecule has 1 aromatic carbocycles. The lowest BCUT2D eigenvalue weighted by molar-refractivity contribution is -0.390. The average Bonchev–Trinajstić information content (AvgIpc) is 3.29. The van der Waals surface area contributed by atoms with Crippen LogP contribution in [-0.2, 0) is 0 Å². The Labute approximate surface area is 145 Å². The van der Waals surface area contributed by atoms with E-state index < -0.39 is 4.92 Å². The van der Waals surface area contributed by atoms with Crippen molar-refractivity contribution in [2.45, 2.75) is 12.8 Å². The quantitative estimate of drug-likeness (QED) is 0.619. The van der Waals surface area contributed by atoms with E-state index in [4.69, 9.17) is 0 Å². The third-order valence-corrected chi connectivity index (χ3v) is 4.15. The molecule has 3 rings (SSSR count). The number of rotatable bonds is 5. The zero-order chi connectivity index (χ0) is 17.8. The van der Waals surface area contributed by atoms with Crippen molar-refractivity contribution in [3.63, 3.8) is 0 Å². The molecule has 7 heteroatoms. The van der Waals surface area contributed by atoms with Crippen LogP contribution in [0.4, 0.5) is 5.82 Å². The lowest BCUT2D eigenvalue weighted by atomic mass is 10.1. The second-order valence-corrected chi connectivity index (χ2v) is 5.74. The molecule has 0 bridgehead atoms. The predicted octanol–water partition coefficient (Wildman–Crippen LogP) is 3.30. The van der Waals surface area contributed by atoms with Crippen molar-refractivity contribution in [1.29, 1.82) is 0 Å². The SMILES string of the molecule is C=Cn1c([N+](=O)[O-])cnc1/C=C/c1ccc(C(=O)N2CCCC2)cc1. The molecule has 0 atom stereocenters. The summed E-state index contributed by atoms with van der Waals surface area (Å²) in [5.41, 5.74) is 1.54. The molecule has 128 valence electrons. The zero-order valence-electron chi connectivity index (χ0n) is 13.7. The van der Waals surface area contributed by atoms with Crippen molar-refractivity contribution in [3.8, 4) is 0 Å². The normalized spacial score (nSPS) is 14.2. The molecule has 0 spiro atoms. The Morgan fingerprint density at radius 1 is 1.20 bits per heavy atom. The largest absolute Gasteiger partial charge is 0.358 e. The van der Waals surface area contributed by atoms with Crippen LogP contribution in [0.5, 0.6) is 0 Å².